The summed E-state index contributed by atoms with van der Waals surface area (Å²) in [6.45, 7) is 0.331. The Morgan fingerprint density at radius 1 is 1.00 bits per heavy atom. The van der Waals surface area contributed by atoms with Gasteiger partial charge in [-0.15, -0.1) is 13.2 Å². The fraction of sp³-hybridized carbons (Fsp3) is 0.0909. The molecule has 0 radical (unpaired) electrons. The number of carbonyl (C=O) groups excluding carboxylic acids is 1. The summed E-state index contributed by atoms with van der Waals surface area (Å²) < 4.78 is 46.9. The number of amides is 1. The molecule has 3 rings (SSSR count). The normalized spacial score (nSPS) is 11.3. The lowest BCUT2D eigenvalue weighted by molar-refractivity contribution is -0.274. The van der Waals surface area contributed by atoms with Crippen molar-refractivity contribution in [1.82, 2.24) is 4.98 Å². The van der Waals surface area contributed by atoms with Gasteiger partial charge < -0.3 is 14.8 Å². The van der Waals surface area contributed by atoms with E-state index in [0.29, 0.717) is 12.4 Å². The maximum absolute atomic E-state index is 12.4. The van der Waals surface area contributed by atoms with E-state index < -0.39 is 18.0 Å². The maximum atomic E-state index is 12.4. The smallest absolute Gasteiger partial charge is 0.487 e. The van der Waals surface area contributed by atoms with Gasteiger partial charge in [0.05, 0.1) is 11.4 Å². The highest BCUT2D eigenvalue weighted by atomic mass is 19.4. The number of anilines is 1. The largest absolute Gasteiger partial charge is 0.573 e. The molecule has 3 aromatic rings. The quantitative estimate of drug-likeness (QED) is 0.539. The fourth-order valence-electron chi connectivity index (χ4n) is 2.45. The Hall–Kier alpha value is -3.81. The van der Waals surface area contributed by atoms with Crippen LogP contribution in [-0.2, 0) is 11.4 Å². The lowest BCUT2D eigenvalue weighted by atomic mass is 10.2. The Labute approximate surface area is 170 Å². The molecule has 1 amide bonds. The lowest BCUT2D eigenvalue weighted by Crippen LogP contribution is -2.19. The molecule has 1 N–H and O–H groups in total. The predicted molar refractivity (Wildman–Crippen MR) is 106 cm³/mol. The number of nitrogens with zero attached hydrogens (tertiary/aromatic N) is 1. The van der Waals surface area contributed by atoms with Crippen LogP contribution in [0, 0.1) is 0 Å². The number of ether oxygens (including phenoxy) is 2. The number of hydrogen-bond acceptors (Lipinski definition) is 4. The van der Waals surface area contributed by atoms with Crippen LogP contribution in [0.2, 0.25) is 0 Å². The Kier molecular flexibility index (Phi) is 6.69. The predicted octanol–water partition coefficient (Wildman–Crippen LogP) is 5.21. The summed E-state index contributed by atoms with van der Waals surface area (Å²) in [7, 11) is 0. The number of alkyl halides is 3. The molecule has 2 aromatic carbocycles. The number of halogens is 3. The molecule has 30 heavy (non-hydrogen) atoms. The molecule has 0 saturated heterocycles. The van der Waals surface area contributed by atoms with Gasteiger partial charge in [-0.1, -0.05) is 30.3 Å². The number of para-hydroxylation sites is 2. The summed E-state index contributed by atoms with van der Waals surface area (Å²) in [4.78, 5) is 16.2. The second-order valence-corrected chi connectivity index (χ2v) is 6.05. The van der Waals surface area contributed by atoms with Gasteiger partial charge in [0, 0.05) is 12.3 Å². The van der Waals surface area contributed by atoms with Gasteiger partial charge in [-0.05, 0) is 48.0 Å². The van der Waals surface area contributed by atoms with Crippen molar-refractivity contribution < 1.29 is 27.4 Å². The minimum absolute atomic E-state index is 0.0808. The van der Waals surface area contributed by atoms with E-state index in [-0.39, 0.29) is 5.69 Å². The first kappa shape index (κ1) is 20.9. The van der Waals surface area contributed by atoms with E-state index in [1.54, 1.807) is 30.5 Å². The lowest BCUT2D eigenvalue weighted by Gasteiger charge is -2.13. The summed E-state index contributed by atoms with van der Waals surface area (Å²) in [6.07, 6.45) is -0.415. The SMILES string of the molecule is O=C(/C=C/c1ccc(OCc2ccccn2)cc1)Nc1ccccc1OC(F)(F)F. The molecular weight excluding hydrogens is 397 g/mol. The van der Waals surface area contributed by atoms with Crippen molar-refractivity contribution in [2.75, 3.05) is 5.32 Å². The van der Waals surface area contributed by atoms with Gasteiger partial charge in [0.2, 0.25) is 5.91 Å². The van der Waals surface area contributed by atoms with Crippen molar-refractivity contribution in [1.29, 1.82) is 0 Å². The number of pyridine rings is 1. The Morgan fingerprint density at radius 2 is 1.73 bits per heavy atom. The third kappa shape index (κ3) is 6.66. The molecule has 0 aliphatic carbocycles. The number of rotatable bonds is 7. The number of benzene rings is 2. The fourth-order valence-corrected chi connectivity index (χ4v) is 2.45. The monoisotopic (exact) mass is 414 g/mol. The van der Waals surface area contributed by atoms with Crippen LogP contribution in [-0.4, -0.2) is 17.3 Å². The maximum Gasteiger partial charge on any atom is 0.573 e. The second-order valence-electron chi connectivity index (χ2n) is 6.05. The average molecular weight is 414 g/mol. The zero-order valence-electron chi connectivity index (χ0n) is 15.6. The summed E-state index contributed by atoms with van der Waals surface area (Å²) in [6, 6.07) is 17.8. The van der Waals surface area contributed by atoms with E-state index >= 15 is 0 Å². The molecule has 1 heterocycles. The van der Waals surface area contributed by atoms with Crippen LogP contribution in [0.1, 0.15) is 11.3 Å². The minimum Gasteiger partial charge on any atom is -0.487 e. The van der Waals surface area contributed by atoms with Crippen molar-refractivity contribution >= 4 is 17.7 Å². The van der Waals surface area contributed by atoms with Crippen LogP contribution in [0.3, 0.4) is 0 Å². The van der Waals surface area contributed by atoms with Crippen LogP contribution in [0.5, 0.6) is 11.5 Å². The first-order valence-electron chi connectivity index (χ1n) is 8.86. The number of hydrogen-bond donors (Lipinski definition) is 1. The summed E-state index contributed by atoms with van der Waals surface area (Å²) >= 11 is 0. The topological polar surface area (TPSA) is 60.5 Å². The number of aromatic nitrogens is 1. The van der Waals surface area contributed by atoms with Crippen LogP contribution >= 0.6 is 0 Å². The molecule has 0 atom stereocenters. The Balaban J connectivity index is 1.56. The van der Waals surface area contributed by atoms with Gasteiger partial charge in [0.1, 0.15) is 12.4 Å². The van der Waals surface area contributed by atoms with Crippen LogP contribution in [0.4, 0.5) is 18.9 Å². The van der Waals surface area contributed by atoms with Gasteiger partial charge in [0.15, 0.2) is 5.75 Å². The first-order chi connectivity index (χ1) is 14.4. The van der Waals surface area contributed by atoms with E-state index in [4.69, 9.17) is 4.74 Å². The third-order valence-corrected chi connectivity index (χ3v) is 3.79. The van der Waals surface area contributed by atoms with Gasteiger partial charge in [-0.25, -0.2) is 0 Å². The highest BCUT2D eigenvalue weighted by Crippen LogP contribution is 2.29. The van der Waals surface area contributed by atoms with Gasteiger partial charge in [0.25, 0.3) is 0 Å². The minimum atomic E-state index is -4.85. The molecule has 0 spiro atoms. The van der Waals surface area contributed by atoms with Crippen LogP contribution in [0.15, 0.2) is 79.0 Å². The standard InChI is InChI=1S/C22H17F3N2O3/c23-22(24,25)30-20-7-2-1-6-19(20)27-21(28)13-10-16-8-11-18(12-9-16)29-15-17-5-3-4-14-26-17/h1-14H,15H2,(H,27,28)/b13-10+. The summed E-state index contributed by atoms with van der Waals surface area (Å²) in [5.41, 5.74) is 1.44. The average Bonchev–Trinajstić information content (AvgIpc) is 2.73. The molecule has 0 bridgehead atoms. The molecule has 8 heteroatoms. The molecule has 0 aliphatic rings. The van der Waals surface area contributed by atoms with Crippen molar-refractivity contribution in [2.24, 2.45) is 0 Å². The molecule has 0 aliphatic heterocycles. The van der Waals surface area contributed by atoms with Crippen LogP contribution in [0.25, 0.3) is 6.08 Å². The third-order valence-electron chi connectivity index (χ3n) is 3.79. The Bertz CT molecular complexity index is 1000. The highest BCUT2D eigenvalue weighted by molar-refractivity contribution is 6.02. The van der Waals surface area contributed by atoms with Crippen molar-refractivity contribution in [3.63, 3.8) is 0 Å². The molecule has 0 unspecified atom stereocenters. The highest BCUT2D eigenvalue weighted by Gasteiger charge is 2.32. The van der Waals surface area contributed by atoms with Crippen molar-refractivity contribution in [2.45, 2.75) is 13.0 Å². The molecule has 154 valence electrons. The van der Waals surface area contributed by atoms with E-state index in [2.05, 4.69) is 15.0 Å². The van der Waals surface area contributed by atoms with E-state index in [0.717, 1.165) is 17.3 Å². The van der Waals surface area contributed by atoms with E-state index in [1.807, 2.05) is 18.2 Å². The van der Waals surface area contributed by atoms with Crippen molar-refractivity contribution in [3.05, 3.63) is 90.3 Å². The summed E-state index contributed by atoms with van der Waals surface area (Å²) in [5, 5.41) is 2.37. The number of carbonyl (C=O) groups is 1. The molecule has 5 nitrogen and oxygen atoms in total. The molecular formula is C22H17F3N2O3. The molecule has 1 aromatic heterocycles. The van der Waals surface area contributed by atoms with Crippen LogP contribution < -0.4 is 14.8 Å². The van der Waals surface area contributed by atoms with Gasteiger partial charge in [-0.3, -0.25) is 9.78 Å². The zero-order valence-corrected chi connectivity index (χ0v) is 15.6. The molecule has 0 fully saturated rings. The molecule has 0 saturated carbocycles. The Morgan fingerprint density at radius 3 is 2.43 bits per heavy atom. The zero-order chi connectivity index (χ0) is 21.4. The number of nitrogens with one attached hydrogen (secondary N) is 1. The van der Waals surface area contributed by atoms with Crippen molar-refractivity contribution in [3.8, 4) is 11.5 Å². The van der Waals surface area contributed by atoms with E-state index in [9.17, 15) is 18.0 Å². The van der Waals surface area contributed by atoms with E-state index in [1.165, 1.54) is 30.4 Å². The first-order valence-corrected chi connectivity index (χ1v) is 8.86. The summed E-state index contributed by atoms with van der Waals surface area (Å²) in [5.74, 6) is -0.439. The second kappa shape index (κ2) is 9.60. The van der Waals surface area contributed by atoms with Gasteiger partial charge in [-0.2, -0.15) is 0 Å². The van der Waals surface area contributed by atoms with Gasteiger partial charge >= 0.3 is 6.36 Å².